The van der Waals surface area contributed by atoms with E-state index < -0.39 is 5.97 Å². The van der Waals surface area contributed by atoms with Crippen LogP contribution in [0, 0.1) is 0 Å². The third kappa shape index (κ3) is 2.76. The van der Waals surface area contributed by atoms with E-state index in [2.05, 4.69) is 4.98 Å². The number of hydrogen-bond donors (Lipinski definition) is 1. The van der Waals surface area contributed by atoms with Crippen molar-refractivity contribution < 1.29 is 14.6 Å². The van der Waals surface area contributed by atoms with Crippen molar-refractivity contribution in [3.8, 4) is 5.75 Å². The highest BCUT2D eigenvalue weighted by atomic mass is 16.5. The molecule has 1 heterocycles. The number of aromatic nitrogens is 2. The molecule has 0 saturated heterocycles. The molecule has 2 aromatic rings. The van der Waals surface area contributed by atoms with Crippen LogP contribution in [0.1, 0.15) is 28.7 Å². The monoisotopic (exact) mass is 260 g/mol. The number of methoxy groups -OCH3 is 1. The number of hydrogen-bond acceptors (Lipinski definition) is 3. The molecule has 0 aliphatic heterocycles. The van der Waals surface area contributed by atoms with Crippen LogP contribution in [-0.2, 0) is 13.0 Å². The zero-order valence-corrected chi connectivity index (χ0v) is 11.0. The van der Waals surface area contributed by atoms with Gasteiger partial charge in [0.25, 0.3) is 0 Å². The summed E-state index contributed by atoms with van der Waals surface area (Å²) < 4.78 is 7.05. The van der Waals surface area contributed by atoms with Crippen LogP contribution >= 0.6 is 0 Å². The molecular weight excluding hydrogens is 244 g/mol. The van der Waals surface area contributed by atoms with Crippen molar-refractivity contribution in [1.29, 1.82) is 0 Å². The van der Waals surface area contributed by atoms with E-state index in [4.69, 9.17) is 4.74 Å². The summed E-state index contributed by atoms with van der Waals surface area (Å²) in [4.78, 5) is 15.6. The number of rotatable bonds is 5. The Morgan fingerprint density at radius 3 is 2.89 bits per heavy atom. The minimum Gasteiger partial charge on any atom is -0.497 e. The van der Waals surface area contributed by atoms with Gasteiger partial charge in [-0.25, -0.2) is 9.78 Å². The maximum atomic E-state index is 11.3. The zero-order valence-electron chi connectivity index (χ0n) is 11.0. The lowest BCUT2D eigenvalue weighted by Gasteiger charge is -2.09. The predicted octanol–water partition coefficient (Wildman–Crippen LogP) is 2.20. The molecule has 0 saturated carbocycles. The fraction of sp³-hybridized carbons (Fsp3) is 0.286. The molecule has 1 aromatic heterocycles. The van der Waals surface area contributed by atoms with Gasteiger partial charge in [0.15, 0.2) is 0 Å². The lowest BCUT2D eigenvalue weighted by Crippen LogP contribution is -2.07. The number of imidazole rings is 1. The van der Waals surface area contributed by atoms with Crippen LogP contribution in [0.4, 0.5) is 0 Å². The van der Waals surface area contributed by atoms with E-state index in [1.165, 1.54) is 13.2 Å². The molecule has 0 fully saturated rings. The molecular formula is C14H16N2O3. The van der Waals surface area contributed by atoms with Crippen LogP contribution in [0.2, 0.25) is 0 Å². The van der Waals surface area contributed by atoms with Crippen LogP contribution in [-0.4, -0.2) is 27.7 Å². The van der Waals surface area contributed by atoms with E-state index in [9.17, 15) is 9.90 Å². The van der Waals surface area contributed by atoms with Gasteiger partial charge >= 0.3 is 5.97 Å². The molecule has 0 amide bonds. The highest BCUT2D eigenvalue weighted by Crippen LogP contribution is 2.20. The largest absolute Gasteiger partial charge is 0.497 e. The molecule has 0 aliphatic carbocycles. The van der Waals surface area contributed by atoms with Crippen LogP contribution < -0.4 is 4.74 Å². The summed E-state index contributed by atoms with van der Waals surface area (Å²) in [6, 6.07) is 5.08. The SMILES string of the molecule is CCn1ccnc1Cc1ccc(OC)cc1C(=O)O. The summed E-state index contributed by atoms with van der Waals surface area (Å²) in [5.74, 6) is 0.443. The maximum absolute atomic E-state index is 11.3. The smallest absolute Gasteiger partial charge is 0.336 e. The van der Waals surface area contributed by atoms with Crippen LogP contribution in [0.5, 0.6) is 5.75 Å². The summed E-state index contributed by atoms with van der Waals surface area (Å²) in [7, 11) is 1.52. The first kappa shape index (κ1) is 13.1. The molecule has 0 bridgehead atoms. The molecule has 0 radical (unpaired) electrons. The number of carbonyl (C=O) groups is 1. The number of benzene rings is 1. The number of carboxylic acids is 1. The normalized spacial score (nSPS) is 10.4. The van der Waals surface area contributed by atoms with Crippen molar-refractivity contribution in [2.75, 3.05) is 7.11 Å². The minimum atomic E-state index is -0.955. The molecule has 2 rings (SSSR count). The molecule has 0 unspecified atom stereocenters. The van der Waals surface area contributed by atoms with E-state index in [1.807, 2.05) is 17.7 Å². The number of aryl methyl sites for hydroxylation is 1. The summed E-state index contributed by atoms with van der Waals surface area (Å²) in [5, 5.41) is 9.26. The molecule has 5 nitrogen and oxygen atoms in total. The van der Waals surface area contributed by atoms with Gasteiger partial charge in [0.2, 0.25) is 0 Å². The zero-order chi connectivity index (χ0) is 13.8. The van der Waals surface area contributed by atoms with Crippen molar-refractivity contribution in [3.05, 3.63) is 47.5 Å². The quantitative estimate of drug-likeness (QED) is 0.895. The fourth-order valence-corrected chi connectivity index (χ4v) is 2.00. The first-order valence-electron chi connectivity index (χ1n) is 6.06. The average Bonchev–Trinajstić information content (AvgIpc) is 2.86. The lowest BCUT2D eigenvalue weighted by molar-refractivity contribution is 0.0695. The highest BCUT2D eigenvalue weighted by molar-refractivity contribution is 5.90. The van der Waals surface area contributed by atoms with E-state index >= 15 is 0 Å². The molecule has 1 aromatic carbocycles. The Morgan fingerprint density at radius 2 is 2.26 bits per heavy atom. The van der Waals surface area contributed by atoms with Gasteiger partial charge in [-0.1, -0.05) is 6.07 Å². The minimum absolute atomic E-state index is 0.255. The second-order valence-electron chi connectivity index (χ2n) is 4.13. The number of nitrogens with zero attached hydrogens (tertiary/aromatic N) is 2. The van der Waals surface area contributed by atoms with Crippen LogP contribution in [0.3, 0.4) is 0 Å². The fourth-order valence-electron chi connectivity index (χ4n) is 2.00. The van der Waals surface area contributed by atoms with Gasteiger partial charge in [0.1, 0.15) is 11.6 Å². The van der Waals surface area contributed by atoms with Gasteiger partial charge in [-0.05, 0) is 24.6 Å². The second kappa shape index (κ2) is 5.56. The Balaban J connectivity index is 2.37. The summed E-state index contributed by atoms with van der Waals surface area (Å²) >= 11 is 0. The van der Waals surface area contributed by atoms with Gasteiger partial charge in [-0.3, -0.25) is 0 Å². The standard InChI is InChI=1S/C14H16N2O3/c1-3-16-7-6-15-13(16)8-10-4-5-11(19-2)9-12(10)14(17)18/h4-7,9H,3,8H2,1-2H3,(H,17,18). The molecule has 1 N–H and O–H groups in total. The molecule has 0 spiro atoms. The van der Waals surface area contributed by atoms with Gasteiger partial charge in [0, 0.05) is 25.4 Å². The predicted molar refractivity (Wildman–Crippen MR) is 70.7 cm³/mol. The Bertz CT molecular complexity index is 590. The van der Waals surface area contributed by atoms with Crippen molar-refractivity contribution >= 4 is 5.97 Å². The average molecular weight is 260 g/mol. The first-order chi connectivity index (χ1) is 9.15. The summed E-state index contributed by atoms with van der Waals surface area (Å²) in [6.45, 7) is 2.84. The van der Waals surface area contributed by atoms with Gasteiger partial charge in [-0.2, -0.15) is 0 Å². The molecule has 0 aliphatic rings. The number of ether oxygens (including phenoxy) is 1. The topological polar surface area (TPSA) is 64.4 Å². The first-order valence-corrected chi connectivity index (χ1v) is 6.06. The summed E-state index contributed by atoms with van der Waals surface area (Å²) in [6.07, 6.45) is 4.11. The number of aromatic carboxylic acids is 1. The summed E-state index contributed by atoms with van der Waals surface area (Å²) in [5.41, 5.74) is 0.985. The molecule has 0 atom stereocenters. The van der Waals surface area contributed by atoms with Crippen LogP contribution in [0.25, 0.3) is 0 Å². The van der Waals surface area contributed by atoms with Gasteiger partial charge in [0.05, 0.1) is 12.7 Å². The Kier molecular flexibility index (Phi) is 3.85. The highest BCUT2D eigenvalue weighted by Gasteiger charge is 2.13. The van der Waals surface area contributed by atoms with E-state index in [0.717, 1.165) is 17.9 Å². The van der Waals surface area contributed by atoms with E-state index in [1.54, 1.807) is 18.3 Å². The van der Waals surface area contributed by atoms with E-state index in [-0.39, 0.29) is 5.56 Å². The third-order valence-electron chi connectivity index (χ3n) is 3.04. The maximum Gasteiger partial charge on any atom is 0.336 e. The van der Waals surface area contributed by atoms with Crippen molar-refractivity contribution in [2.24, 2.45) is 0 Å². The second-order valence-corrected chi connectivity index (χ2v) is 4.13. The molecule has 19 heavy (non-hydrogen) atoms. The van der Waals surface area contributed by atoms with Crippen molar-refractivity contribution in [1.82, 2.24) is 9.55 Å². The van der Waals surface area contributed by atoms with Crippen molar-refractivity contribution in [3.63, 3.8) is 0 Å². The van der Waals surface area contributed by atoms with Crippen molar-refractivity contribution in [2.45, 2.75) is 19.9 Å². The molecule has 5 heteroatoms. The van der Waals surface area contributed by atoms with Gasteiger partial charge in [-0.15, -0.1) is 0 Å². The lowest BCUT2D eigenvalue weighted by atomic mass is 10.0. The Hall–Kier alpha value is -2.30. The van der Waals surface area contributed by atoms with E-state index in [0.29, 0.717) is 12.2 Å². The van der Waals surface area contributed by atoms with Gasteiger partial charge < -0.3 is 14.4 Å². The third-order valence-corrected chi connectivity index (χ3v) is 3.04. The Labute approximate surface area is 111 Å². The molecule has 100 valence electrons. The Morgan fingerprint density at radius 1 is 1.47 bits per heavy atom. The van der Waals surface area contributed by atoms with Crippen LogP contribution in [0.15, 0.2) is 30.6 Å². The number of carboxylic acid groups (broad SMARTS) is 1.